The number of nitrogens with one attached hydrogen (secondary N) is 1. The summed E-state index contributed by atoms with van der Waals surface area (Å²) in [5, 5.41) is 10.8. The minimum absolute atomic E-state index is 0.119. The molecule has 0 aliphatic rings. The van der Waals surface area contributed by atoms with E-state index in [4.69, 9.17) is 11.6 Å². The number of non-ortho nitro benzene ring substituents is 1. The van der Waals surface area contributed by atoms with E-state index in [1.807, 2.05) is 0 Å². The Kier molecular flexibility index (Phi) is 4.22. The van der Waals surface area contributed by atoms with Crippen molar-refractivity contribution >= 4 is 41.1 Å². The maximum Gasteiger partial charge on any atom is 0.361 e. The summed E-state index contributed by atoms with van der Waals surface area (Å²) in [6.07, 6.45) is 0. The van der Waals surface area contributed by atoms with Gasteiger partial charge in [-0.05, 0) is 29.1 Å². The van der Waals surface area contributed by atoms with E-state index in [0.717, 1.165) is 6.07 Å². The van der Waals surface area contributed by atoms with Crippen LogP contribution in [-0.4, -0.2) is 19.7 Å². The highest BCUT2D eigenvalue weighted by Gasteiger charge is 2.22. The lowest BCUT2D eigenvalue weighted by molar-refractivity contribution is -0.384. The molecule has 0 amide bonds. The first kappa shape index (κ1) is 17.3. The number of pyridine rings is 1. The molecule has 8 nitrogen and oxygen atoms in total. The summed E-state index contributed by atoms with van der Waals surface area (Å²) >= 11 is 6.21. The van der Waals surface area contributed by atoms with Gasteiger partial charge in [0.25, 0.3) is 11.2 Å². The molecule has 25 heavy (non-hydrogen) atoms. The number of nitro benzene ring substituents is 1. The van der Waals surface area contributed by atoms with E-state index in [2.05, 4.69) is 4.98 Å². The van der Waals surface area contributed by atoms with Crippen LogP contribution in [-0.2, 0) is 4.57 Å². The quantitative estimate of drug-likeness (QED) is 0.363. The van der Waals surface area contributed by atoms with Crippen molar-refractivity contribution in [2.45, 2.75) is 0 Å². The van der Waals surface area contributed by atoms with Crippen LogP contribution in [0.25, 0.3) is 22.0 Å². The van der Waals surface area contributed by atoms with Crippen LogP contribution in [0.3, 0.4) is 0 Å². The Morgan fingerprint density at radius 1 is 1.16 bits per heavy atom. The fourth-order valence-electron chi connectivity index (χ4n) is 2.44. The number of hydrogen-bond acceptors (Lipinski definition) is 4. The lowest BCUT2D eigenvalue weighted by Crippen LogP contribution is -2.26. The number of hydrogen-bond donors (Lipinski definition) is 3. The van der Waals surface area contributed by atoms with E-state index < -0.39 is 23.4 Å². The van der Waals surface area contributed by atoms with E-state index in [1.54, 1.807) is 6.07 Å². The summed E-state index contributed by atoms with van der Waals surface area (Å²) in [5.41, 5.74) is 0.166. The maximum absolute atomic E-state index is 11.8. The molecule has 0 aliphatic heterocycles. The lowest BCUT2D eigenvalue weighted by atomic mass is 10.0. The molecule has 0 bridgehead atoms. The first-order valence-corrected chi connectivity index (χ1v) is 8.83. The Morgan fingerprint density at radius 3 is 2.52 bits per heavy atom. The number of rotatable bonds is 3. The average molecular weight is 381 g/mol. The summed E-state index contributed by atoms with van der Waals surface area (Å²) in [6, 6.07) is 9.82. The minimum atomic E-state index is -4.75. The summed E-state index contributed by atoms with van der Waals surface area (Å²) in [5.74, 6) is 0. The third-order valence-corrected chi connectivity index (χ3v) is 4.87. The van der Waals surface area contributed by atoms with Gasteiger partial charge in [-0.1, -0.05) is 23.7 Å². The highest BCUT2D eigenvalue weighted by atomic mass is 35.5. The average Bonchev–Trinajstić information content (AvgIpc) is 2.52. The molecule has 10 heteroatoms. The second-order valence-electron chi connectivity index (χ2n) is 5.25. The molecule has 0 saturated heterocycles. The largest absolute Gasteiger partial charge is 0.361 e. The van der Waals surface area contributed by atoms with Crippen molar-refractivity contribution < 1.29 is 19.3 Å². The fraction of sp³-hybridized carbons (Fsp3) is 0. The Balaban J connectivity index is 2.27. The zero-order chi connectivity index (χ0) is 18.4. The number of nitro groups is 1. The minimum Gasteiger partial charge on any atom is -0.321 e. The second kappa shape index (κ2) is 6.09. The van der Waals surface area contributed by atoms with Crippen LogP contribution >= 0.6 is 19.2 Å². The molecule has 0 unspecified atom stereocenters. The second-order valence-corrected chi connectivity index (χ2v) is 7.23. The van der Waals surface area contributed by atoms with Gasteiger partial charge < -0.3 is 14.8 Å². The zero-order valence-electron chi connectivity index (χ0n) is 12.3. The normalized spacial score (nSPS) is 11.6. The predicted octanol–water partition coefficient (Wildman–Crippen LogP) is 2.56. The van der Waals surface area contributed by atoms with Gasteiger partial charge in [0.15, 0.2) is 0 Å². The van der Waals surface area contributed by atoms with Gasteiger partial charge in [0.05, 0.1) is 9.95 Å². The molecule has 0 spiro atoms. The Morgan fingerprint density at radius 2 is 1.88 bits per heavy atom. The van der Waals surface area contributed by atoms with Gasteiger partial charge in [-0.15, -0.1) is 0 Å². The summed E-state index contributed by atoms with van der Waals surface area (Å²) in [4.78, 5) is 43.1. The summed E-state index contributed by atoms with van der Waals surface area (Å²) in [7, 11) is -4.75. The molecule has 0 saturated carbocycles. The Labute approximate surface area is 145 Å². The molecule has 1 heterocycles. The van der Waals surface area contributed by atoms with Gasteiger partial charge in [0.1, 0.15) is 5.30 Å². The SMILES string of the molecule is O=c1[nH]c2cc(Cl)c(-c3cccc([N+](=O)[O-])c3)cc2cc1P(=O)(O)O. The van der Waals surface area contributed by atoms with Crippen LogP contribution in [0.5, 0.6) is 0 Å². The molecule has 2 aromatic carbocycles. The number of benzene rings is 2. The molecular formula is C15H10ClN2O6P. The number of fused-ring (bicyclic) bond motifs is 1. The third-order valence-electron chi connectivity index (χ3n) is 3.59. The molecule has 3 aromatic rings. The van der Waals surface area contributed by atoms with Gasteiger partial charge in [0.2, 0.25) is 0 Å². The van der Waals surface area contributed by atoms with Crippen molar-refractivity contribution in [1.29, 1.82) is 0 Å². The molecule has 1 aromatic heterocycles. The molecule has 0 radical (unpaired) electrons. The van der Waals surface area contributed by atoms with Crippen LogP contribution < -0.4 is 10.9 Å². The predicted molar refractivity (Wildman–Crippen MR) is 93.3 cm³/mol. The molecule has 128 valence electrons. The zero-order valence-corrected chi connectivity index (χ0v) is 14.0. The van der Waals surface area contributed by atoms with Crippen LogP contribution in [0, 0.1) is 10.1 Å². The Bertz CT molecular complexity index is 1120. The number of nitrogens with zero attached hydrogens (tertiary/aromatic N) is 1. The van der Waals surface area contributed by atoms with Gasteiger partial charge in [0, 0.05) is 23.2 Å². The van der Waals surface area contributed by atoms with Crippen LogP contribution in [0.2, 0.25) is 5.02 Å². The fourth-order valence-corrected chi connectivity index (χ4v) is 3.34. The van der Waals surface area contributed by atoms with Crippen molar-refractivity contribution in [3.05, 3.63) is 68.0 Å². The number of aromatic nitrogens is 1. The number of H-pyrrole nitrogens is 1. The molecule has 3 rings (SSSR count). The van der Waals surface area contributed by atoms with Crippen molar-refractivity contribution in [3.63, 3.8) is 0 Å². The van der Waals surface area contributed by atoms with Crippen LogP contribution in [0.4, 0.5) is 5.69 Å². The van der Waals surface area contributed by atoms with Gasteiger partial charge >= 0.3 is 7.60 Å². The van der Waals surface area contributed by atoms with Gasteiger partial charge in [-0.25, -0.2) is 0 Å². The van der Waals surface area contributed by atoms with E-state index in [9.17, 15) is 29.3 Å². The van der Waals surface area contributed by atoms with E-state index in [1.165, 1.54) is 30.3 Å². The summed E-state index contributed by atoms with van der Waals surface area (Å²) < 4.78 is 11.4. The van der Waals surface area contributed by atoms with Crippen molar-refractivity contribution in [2.24, 2.45) is 0 Å². The first-order chi connectivity index (χ1) is 11.7. The van der Waals surface area contributed by atoms with Crippen molar-refractivity contribution in [2.75, 3.05) is 0 Å². The highest BCUT2D eigenvalue weighted by Crippen LogP contribution is 2.35. The van der Waals surface area contributed by atoms with Crippen LogP contribution in [0.1, 0.15) is 0 Å². The molecular weight excluding hydrogens is 371 g/mol. The molecule has 0 fully saturated rings. The maximum atomic E-state index is 11.8. The topological polar surface area (TPSA) is 134 Å². The van der Waals surface area contributed by atoms with Crippen molar-refractivity contribution in [3.8, 4) is 11.1 Å². The molecule has 0 atom stereocenters. The highest BCUT2D eigenvalue weighted by molar-refractivity contribution is 7.60. The Hall–Kier alpha value is -2.51. The standard InChI is InChI=1S/C15H10ClN2O6P/c16-12-7-13-9(6-14(15(19)17-13)25(22,23)24)5-11(12)8-2-1-3-10(4-8)18(20)21/h1-7H,(H,17,19)(H2,22,23,24). The van der Waals surface area contributed by atoms with Gasteiger partial charge in [-0.2, -0.15) is 0 Å². The summed E-state index contributed by atoms with van der Waals surface area (Å²) in [6.45, 7) is 0. The van der Waals surface area contributed by atoms with Gasteiger partial charge in [-0.3, -0.25) is 19.5 Å². The van der Waals surface area contributed by atoms with Crippen molar-refractivity contribution in [1.82, 2.24) is 4.98 Å². The van der Waals surface area contributed by atoms with E-state index >= 15 is 0 Å². The number of halogens is 1. The molecule has 0 aliphatic carbocycles. The number of aromatic amines is 1. The lowest BCUT2D eigenvalue weighted by Gasteiger charge is -2.09. The smallest absolute Gasteiger partial charge is 0.321 e. The van der Waals surface area contributed by atoms with Crippen LogP contribution in [0.15, 0.2) is 47.3 Å². The molecule has 3 N–H and O–H groups in total. The first-order valence-electron chi connectivity index (χ1n) is 6.84. The van der Waals surface area contributed by atoms with E-state index in [0.29, 0.717) is 22.0 Å². The van der Waals surface area contributed by atoms with E-state index in [-0.39, 0.29) is 10.7 Å². The third kappa shape index (κ3) is 3.33. The monoisotopic (exact) mass is 380 g/mol.